The van der Waals surface area contributed by atoms with Crippen LogP contribution in [-0.4, -0.2) is 35.2 Å². The van der Waals surface area contributed by atoms with Crippen molar-refractivity contribution in [3.63, 3.8) is 0 Å². The van der Waals surface area contributed by atoms with Crippen LogP contribution in [0.25, 0.3) is 0 Å². The highest BCUT2D eigenvalue weighted by Gasteiger charge is 2.30. The van der Waals surface area contributed by atoms with Crippen molar-refractivity contribution in [2.24, 2.45) is 5.92 Å². The summed E-state index contributed by atoms with van der Waals surface area (Å²) in [6, 6.07) is 12.1. The number of piperidine rings is 1. The summed E-state index contributed by atoms with van der Waals surface area (Å²) in [5.41, 5.74) is 0. The van der Waals surface area contributed by atoms with Gasteiger partial charge in [0.25, 0.3) is 0 Å². The largest absolute Gasteiger partial charge is 0.355 e. The molecule has 7 heteroatoms. The van der Waals surface area contributed by atoms with Crippen LogP contribution in [0.1, 0.15) is 25.7 Å². The molecule has 5 nitrogen and oxygen atoms in total. The smallest absolute Gasteiger partial charge is 0.223 e. The van der Waals surface area contributed by atoms with Crippen molar-refractivity contribution in [2.75, 3.05) is 18.0 Å². The van der Waals surface area contributed by atoms with Crippen LogP contribution in [0.5, 0.6) is 0 Å². The Morgan fingerprint density at radius 1 is 1.04 bits per heavy atom. The van der Waals surface area contributed by atoms with Crippen LogP contribution < -0.4 is 10.2 Å². The number of aromatic nitrogens is 2. The molecule has 2 aliphatic rings. The fraction of sp³-hybridized carbons (Fsp3) is 0.421. The Morgan fingerprint density at radius 3 is 2.38 bits per heavy atom. The predicted molar refractivity (Wildman–Crippen MR) is 104 cm³/mol. The summed E-state index contributed by atoms with van der Waals surface area (Å²) >= 11 is 7.47. The highest BCUT2D eigenvalue weighted by molar-refractivity contribution is 7.99. The summed E-state index contributed by atoms with van der Waals surface area (Å²) < 4.78 is 0. The molecule has 0 unspecified atom stereocenters. The summed E-state index contributed by atoms with van der Waals surface area (Å²) in [5.74, 6) is 1.25. The standard InChI is InChI=1S/C19H21ClN4OS/c20-14-1-5-16(6-2-14)26-18-8-7-17(22-23-18)24-11-9-13(10-12-24)19(25)21-15-3-4-15/h1-2,5-8,13,15H,3-4,9-12H2,(H,21,25). The summed E-state index contributed by atoms with van der Waals surface area (Å²) in [4.78, 5) is 15.5. The lowest BCUT2D eigenvalue weighted by Crippen LogP contribution is -2.41. The predicted octanol–water partition coefficient (Wildman–Crippen LogP) is 3.78. The van der Waals surface area contributed by atoms with E-state index in [1.54, 1.807) is 11.8 Å². The number of nitrogens with one attached hydrogen (secondary N) is 1. The molecule has 1 aromatic heterocycles. The minimum atomic E-state index is 0.138. The van der Waals surface area contributed by atoms with E-state index in [1.165, 1.54) is 0 Å². The number of halogens is 1. The van der Waals surface area contributed by atoms with Crippen molar-refractivity contribution in [1.82, 2.24) is 15.5 Å². The van der Waals surface area contributed by atoms with E-state index in [0.29, 0.717) is 6.04 Å². The first-order valence-electron chi connectivity index (χ1n) is 9.00. The highest BCUT2D eigenvalue weighted by Crippen LogP contribution is 2.28. The fourth-order valence-electron chi connectivity index (χ4n) is 3.08. The molecule has 1 saturated carbocycles. The zero-order valence-electron chi connectivity index (χ0n) is 14.4. The molecule has 136 valence electrons. The number of hydrogen-bond acceptors (Lipinski definition) is 5. The maximum Gasteiger partial charge on any atom is 0.223 e. The van der Waals surface area contributed by atoms with Crippen LogP contribution in [0.15, 0.2) is 46.3 Å². The topological polar surface area (TPSA) is 58.1 Å². The van der Waals surface area contributed by atoms with Gasteiger partial charge in [0, 0.05) is 35.0 Å². The lowest BCUT2D eigenvalue weighted by Gasteiger charge is -2.31. The Hall–Kier alpha value is -1.79. The van der Waals surface area contributed by atoms with Crippen LogP contribution in [0.4, 0.5) is 5.82 Å². The third kappa shape index (κ3) is 4.48. The molecular formula is C19H21ClN4OS. The second kappa shape index (κ2) is 7.84. The van der Waals surface area contributed by atoms with Gasteiger partial charge >= 0.3 is 0 Å². The molecule has 1 aliphatic carbocycles. The van der Waals surface area contributed by atoms with Crippen molar-refractivity contribution < 1.29 is 4.79 Å². The summed E-state index contributed by atoms with van der Waals surface area (Å²) in [5, 5.41) is 13.4. The van der Waals surface area contributed by atoms with Gasteiger partial charge in [-0.25, -0.2) is 0 Å². The van der Waals surface area contributed by atoms with Crippen molar-refractivity contribution in [3.05, 3.63) is 41.4 Å². The van der Waals surface area contributed by atoms with Crippen molar-refractivity contribution in [1.29, 1.82) is 0 Å². The molecule has 0 radical (unpaired) electrons. The molecule has 0 spiro atoms. The Labute approximate surface area is 162 Å². The van der Waals surface area contributed by atoms with Gasteiger partial charge in [-0.15, -0.1) is 10.2 Å². The second-order valence-electron chi connectivity index (χ2n) is 6.83. The molecule has 2 aromatic rings. The summed E-state index contributed by atoms with van der Waals surface area (Å²) in [6.45, 7) is 1.70. The molecule has 1 N–H and O–H groups in total. The van der Waals surface area contributed by atoms with E-state index < -0.39 is 0 Å². The average molecular weight is 389 g/mol. The van der Waals surface area contributed by atoms with E-state index in [2.05, 4.69) is 20.4 Å². The van der Waals surface area contributed by atoms with Gasteiger partial charge in [-0.1, -0.05) is 23.4 Å². The van der Waals surface area contributed by atoms with Gasteiger partial charge in [-0.05, 0) is 62.1 Å². The van der Waals surface area contributed by atoms with E-state index in [1.807, 2.05) is 36.4 Å². The maximum absolute atomic E-state index is 12.2. The first-order chi connectivity index (χ1) is 12.7. The molecule has 1 saturated heterocycles. The first kappa shape index (κ1) is 17.6. The molecule has 1 amide bonds. The number of hydrogen-bond donors (Lipinski definition) is 1. The zero-order valence-corrected chi connectivity index (χ0v) is 16.0. The fourth-order valence-corrected chi connectivity index (χ4v) is 3.93. The molecule has 0 atom stereocenters. The molecule has 4 rings (SSSR count). The lowest BCUT2D eigenvalue weighted by atomic mass is 9.96. The zero-order chi connectivity index (χ0) is 17.9. The first-order valence-corrected chi connectivity index (χ1v) is 10.2. The third-order valence-corrected chi connectivity index (χ3v) is 5.96. The van der Waals surface area contributed by atoms with Crippen LogP contribution in [-0.2, 0) is 4.79 Å². The van der Waals surface area contributed by atoms with E-state index in [-0.39, 0.29) is 11.8 Å². The van der Waals surface area contributed by atoms with Crippen molar-refractivity contribution in [2.45, 2.75) is 41.6 Å². The van der Waals surface area contributed by atoms with Gasteiger partial charge < -0.3 is 10.2 Å². The molecule has 0 bridgehead atoms. The molecule has 1 aliphatic heterocycles. The average Bonchev–Trinajstić information content (AvgIpc) is 3.48. The van der Waals surface area contributed by atoms with Gasteiger partial charge in [0.05, 0.1) is 0 Å². The van der Waals surface area contributed by atoms with Crippen LogP contribution >= 0.6 is 23.4 Å². The van der Waals surface area contributed by atoms with Gasteiger partial charge in [-0.2, -0.15) is 0 Å². The monoisotopic (exact) mass is 388 g/mol. The Bertz CT molecular complexity index is 756. The highest BCUT2D eigenvalue weighted by atomic mass is 35.5. The molecule has 2 heterocycles. The lowest BCUT2D eigenvalue weighted by molar-refractivity contribution is -0.125. The minimum absolute atomic E-state index is 0.138. The summed E-state index contributed by atoms with van der Waals surface area (Å²) in [6.07, 6.45) is 4.03. The normalized spacial score (nSPS) is 18.0. The van der Waals surface area contributed by atoms with E-state index >= 15 is 0 Å². The van der Waals surface area contributed by atoms with Gasteiger partial charge in [-0.3, -0.25) is 4.79 Å². The maximum atomic E-state index is 12.2. The van der Waals surface area contributed by atoms with E-state index in [4.69, 9.17) is 11.6 Å². The molecule has 1 aromatic carbocycles. The van der Waals surface area contributed by atoms with Crippen molar-refractivity contribution in [3.8, 4) is 0 Å². The Kier molecular flexibility index (Phi) is 5.31. The van der Waals surface area contributed by atoms with Crippen molar-refractivity contribution >= 4 is 35.1 Å². The Balaban J connectivity index is 1.31. The van der Waals surface area contributed by atoms with E-state index in [0.717, 1.165) is 59.5 Å². The SMILES string of the molecule is O=C(NC1CC1)C1CCN(c2ccc(Sc3ccc(Cl)cc3)nn2)CC1. The van der Waals surface area contributed by atoms with Crippen LogP contribution in [0.3, 0.4) is 0 Å². The number of amides is 1. The van der Waals surface area contributed by atoms with Crippen LogP contribution in [0, 0.1) is 5.92 Å². The number of nitrogens with zero attached hydrogens (tertiary/aromatic N) is 3. The third-order valence-electron chi connectivity index (χ3n) is 4.78. The van der Waals surface area contributed by atoms with Gasteiger partial charge in [0.2, 0.25) is 5.91 Å². The van der Waals surface area contributed by atoms with Gasteiger partial charge in [0.1, 0.15) is 5.03 Å². The molecular weight excluding hydrogens is 368 g/mol. The summed E-state index contributed by atoms with van der Waals surface area (Å²) in [7, 11) is 0. The Morgan fingerprint density at radius 2 is 1.77 bits per heavy atom. The number of benzene rings is 1. The van der Waals surface area contributed by atoms with Crippen LogP contribution in [0.2, 0.25) is 5.02 Å². The van der Waals surface area contributed by atoms with E-state index in [9.17, 15) is 4.79 Å². The van der Waals surface area contributed by atoms with Gasteiger partial charge in [0.15, 0.2) is 5.82 Å². The second-order valence-corrected chi connectivity index (χ2v) is 8.36. The number of carbonyl (C=O) groups is 1. The molecule has 2 fully saturated rings. The quantitative estimate of drug-likeness (QED) is 0.844. The number of anilines is 1. The molecule has 26 heavy (non-hydrogen) atoms. The number of rotatable bonds is 5. The minimum Gasteiger partial charge on any atom is -0.355 e. The number of carbonyl (C=O) groups excluding carboxylic acids is 1.